The number of halogens is 1. The Labute approximate surface area is 171 Å². The largest absolute Gasteiger partial charge is 0.370 e. The van der Waals surface area contributed by atoms with Gasteiger partial charge in [-0.15, -0.1) is 11.3 Å². The number of amides is 1. The van der Waals surface area contributed by atoms with Gasteiger partial charge in [0.25, 0.3) is 5.91 Å². The van der Waals surface area contributed by atoms with E-state index >= 15 is 0 Å². The number of pyridine rings is 1. The molecule has 1 unspecified atom stereocenters. The fourth-order valence-electron chi connectivity index (χ4n) is 3.83. The van der Waals surface area contributed by atoms with Crippen molar-refractivity contribution in [3.05, 3.63) is 36.5 Å². The zero-order chi connectivity index (χ0) is 19.8. The summed E-state index contributed by atoms with van der Waals surface area (Å²) in [5, 5.41) is 0.881. The van der Waals surface area contributed by atoms with Crippen LogP contribution in [0.2, 0.25) is 0 Å². The first kappa shape index (κ1) is 18.4. The summed E-state index contributed by atoms with van der Waals surface area (Å²) < 4.78 is 19.9. The van der Waals surface area contributed by atoms with Gasteiger partial charge in [-0.1, -0.05) is 0 Å². The molecule has 0 spiro atoms. The van der Waals surface area contributed by atoms with E-state index in [4.69, 9.17) is 9.72 Å². The van der Waals surface area contributed by atoms with E-state index in [1.54, 1.807) is 22.4 Å². The molecule has 2 aliphatic rings. The molecule has 1 aromatic carbocycles. The van der Waals surface area contributed by atoms with Crippen LogP contribution in [0.5, 0.6) is 0 Å². The summed E-state index contributed by atoms with van der Waals surface area (Å²) in [6.07, 6.45) is 2.53. The molecule has 0 saturated carbocycles. The van der Waals surface area contributed by atoms with Crippen LogP contribution in [0.15, 0.2) is 36.5 Å². The smallest absolute Gasteiger partial charge is 0.253 e. The summed E-state index contributed by atoms with van der Waals surface area (Å²) in [4.78, 5) is 25.1. The number of carbonyl (C=O) groups excluding carboxylic acids is 1. The van der Waals surface area contributed by atoms with Gasteiger partial charge < -0.3 is 14.5 Å². The van der Waals surface area contributed by atoms with Gasteiger partial charge in [0.2, 0.25) is 0 Å². The quantitative estimate of drug-likeness (QED) is 0.657. The van der Waals surface area contributed by atoms with Gasteiger partial charge in [-0.3, -0.25) is 4.79 Å². The maximum atomic E-state index is 13.7. The number of anilines is 2. The first-order valence-corrected chi connectivity index (χ1v) is 10.6. The lowest BCUT2D eigenvalue weighted by molar-refractivity contribution is -0.125. The number of alkyl halides is 1. The fraction of sp³-hybridized carbons (Fsp3) is 0.381. The zero-order valence-electron chi connectivity index (χ0n) is 15.9. The Morgan fingerprint density at radius 2 is 2.14 bits per heavy atom. The van der Waals surface area contributed by atoms with Gasteiger partial charge in [0.05, 0.1) is 23.4 Å². The number of thiazole rings is 1. The van der Waals surface area contributed by atoms with Crippen LogP contribution in [0, 0.1) is 0 Å². The third-order valence-corrected chi connectivity index (χ3v) is 6.42. The van der Waals surface area contributed by atoms with Gasteiger partial charge in [-0.25, -0.2) is 14.4 Å². The standard InChI is InChI=1S/C21H21FN4O2S/c22-15-2-1-7-25(12-15)19-6-3-14(11-23-19)21-24-17-5-4-16(10-18(17)29-21)26-8-9-28-13-20(26)27/h3-6,10-11,15H,1-2,7-9,12-13H2. The zero-order valence-corrected chi connectivity index (χ0v) is 16.7. The maximum absolute atomic E-state index is 13.7. The van der Waals surface area contributed by atoms with Gasteiger partial charge in [0.15, 0.2) is 0 Å². The number of benzene rings is 1. The summed E-state index contributed by atoms with van der Waals surface area (Å²) in [6.45, 7) is 2.51. The third-order valence-electron chi connectivity index (χ3n) is 5.35. The lowest BCUT2D eigenvalue weighted by Crippen LogP contribution is -2.41. The number of hydrogen-bond donors (Lipinski definition) is 0. The van der Waals surface area contributed by atoms with Crippen molar-refractivity contribution in [2.24, 2.45) is 0 Å². The Hall–Kier alpha value is -2.58. The summed E-state index contributed by atoms with van der Waals surface area (Å²) in [5.74, 6) is 0.790. The molecule has 0 N–H and O–H groups in total. The van der Waals surface area contributed by atoms with Gasteiger partial charge in [-0.2, -0.15) is 0 Å². The van der Waals surface area contributed by atoms with Crippen molar-refractivity contribution in [2.75, 3.05) is 42.6 Å². The monoisotopic (exact) mass is 412 g/mol. The molecule has 0 bridgehead atoms. The summed E-state index contributed by atoms with van der Waals surface area (Å²) >= 11 is 1.58. The molecule has 150 valence electrons. The van der Waals surface area contributed by atoms with Gasteiger partial charge in [0, 0.05) is 30.5 Å². The summed E-state index contributed by atoms with van der Waals surface area (Å²) in [7, 11) is 0. The molecular weight excluding hydrogens is 391 g/mol. The number of aromatic nitrogens is 2. The van der Waals surface area contributed by atoms with E-state index in [0.29, 0.717) is 26.1 Å². The van der Waals surface area contributed by atoms with Gasteiger partial charge in [0.1, 0.15) is 23.6 Å². The number of fused-ring (bicyclic) bond motifs is 1. The number of ether oxygens (including phenoxy) is 1. The lowest BCUT2D eigenvalue weighted by Gasteiger charge is -2.29. The molecule has 29 heavy (non-hydrogen) atoms. The Morgan fingerprint density at radius 3 is 2.93 bits per heavy atom. The van der Waals surface area contributed by atoms with E-state index in [9.17, 15) is 9.18 Å². The second-order valence-electron chi connectivity index (χ2n) is 7.36. The molecule has 0 aliphatic carbocycles. The number of nitrogens with zero attached hydrogens (tertiary/aromatic N) is 4. The third kappa shape index (κ3) is 3.70. The summed E-state index contributed by atoms with van der Waals surface area (Å²) in [5.41, 5.74) is 2.71. The predicted molar refractivity (Wildman–Crippen MR) is 112 cm³/mol. The molecule has 2 saturated heterocycles. The molecule has 0 radical (unpaired) electrons. The van der Waals surface area contributed by atoms with E-state index < -0.39 is 6.17 Å². The fourth-order valence-corrected chi connectivity index (χ4v) is 4.82. The van der Waals surface area contributed by atoms with Crippen LogP contribution in [0.3, 0.4) is 0 Å². The minimum atomic E-state index is -0.776. The molecule has 2 aromatic heterocycles. The number of carbonyl (C=O) groups is 1. The number of morpholine rings is 1. The van der Waals surface area contributed by atoms with Crippen LogP contribution in [-0.4, -0.2) is 54.9 Å². The Bertz CT molecular complexity index is 1040. The highest BCUT2D eigenvalue weighted by Crippen LogP contribution is 2.33. The van der Waals surface area contributed by atoms with Crippen LogP contribution >= 0.6 is 11.3 Å². The van der Waals surface area contributed by atoms with Crippen LogP contribution in [-0.2, 0) is 9.53 Å². The molecule has 2 fully saturated rings. The molecule has 3 aromatic rings. The SMILES string of the molecule is O=C1COCCN1c1ccc2nc(-c3ccc(N4CCCC(F)C4)nc3)sc2c1. The van der Waals surface area contributed by atoms with Gasteiger partial charge in [-0.05, 0) is 43.2 Å². The highest BCUT2D eigenvalue weighted by Gasteiger charge is 2.22. The number of hydrogen-bond acceptors (Lipinski definition) is 6. The van der Waals surface area contributed by atoms with E-state index in [0.717, 1.165) is 45.3 Å². The normalized spacial score (nSPS) is 20.4. The average Bonchev–Trinajstić information content (AvgIpc) is 3.18. The molecule has 5 rings (SSSR count). The van der Waals surface area contributed by atoms with Gasteiger partial charge >= 0.3 is 0 Å². The minimum Gasteiger partial charge on any atom is -0.370 e. The predicted octanol–water partition coefficient (Wildman–Crippen LogP) is 3.66. The van der Waals surface area contributed by atoms with E-state index in [-0.39, 0.29) is 12.5 Å². The molecule has 1 atom stereocenters. The Kier molecular flexibility index (Phi) is 4.89. The highest BCUT2D eigenvalue weighted by molar-refractivity contribution is 7.21. The topological polar surface area (TPSA) is 58.6 Å². The van der Waals surface area contributed by atoms with Crippen molar-refractivity contribution in [2.45, 2.75) is 19.0 Å². The summed E-state index contributed by atoms with van der Waals surface area (Å²) in [6, 6.07) is 9.83. The van der Waals surface area contributed by atoms with Crippen molar-refractivity contribution in [3.63, 3.8) is 0 Å². The molecule has 8 heteroatoms. The maximum Gasteiger partial charge on any atom is 0.253 e. The van der Waals surface area contributed by atoms with Crippen LogP contribution in [0.4, 0.5) is 15.9 Å². The molecule has 1 amide bonds. The van der Waals surface area contributed by atoms with Crippen LogP contribution in [0.1, 0.15) is 12.8 Å². The molecule has 4 heterocycles. The minimum absolute atomic E-state index is 0.0200. The van der Waals surface area contributed by atoms with Crippen molar-refractivity contribution < 1.29 is 13.9 Å². The van der Waals surface area contributed by atoms with Crippen LogP contribution < -0.4 is 9.80 Å². The van der Waals surface area contributed by atoms with E-state index in [1.165, 1.54) is 0 Å². The number of rotatable bonds is 3. The Morgan fingerprint density at radius 1 is 1.21 bits per heavy atom. The Balaban J connectivity index is 1.39. The molecule has 6 nitrogen and oxygen atoms in total. The van der Waals surface area contributed by atoms with Crippen LogP contribution in [0.25, 0.3) is 20.8 Å². The second kappa shape index (κ2) is 7.68. The second-order valence-corrected chi connectivity index (χ2v) is 8.39. The van der Waals surface area contributed by atoms with Crippen molar-refractivity contribution in [1.82, 2.24) is 9.97 Å². The van der Waals surface area contributed by atoms with E-state index in [1.807, 2.05) is 35.2 Å². The lowest BCUT2D eigenvalue weighted by atomic mass is 10.1. The van der Waals surface area contributed by atoms with E-state index in [2.05, 4.69) is 4.98 Å². The van der Waals surface area contributed by atoms with Crippen molar-refractivity contribution in [3.8, 4) is 10.6 Å². The first-order chi connectivity index (χ1) is 14.2. The number of piperidine rings is 1. The average molecular weight is 412 g/mol. The first-order valence-electron chi connectivity index (χ1n) is 9.81. The van der Waals surface area contributed by atoms with Crippen molar-refractivity contribution >= 4 is 39.0 Å². The molecular formula is C21H21FN4O2S. The molecule has 2 aliphatic heterocycles. The van der Waals surface area contributed by atoms with Crippen molar-refractivity contribution in [1.29, 1.82) is 0 Å². The highest BCUT2D eigenvalue weighted by atomic mass is 32.1.